The summed E-state index contributed by atoms with van der Waals surface area (Å²) in [5, 5.41) is 3.35. The van der Waals surface area contributed by atoms with Gasteiger partial charge in [0.1, 0.15) is 0 Å². The van der Waals surface area contributed by atoms with Crippen LogP contribution in [0.25, 0.3) is 0 Å². The van der Waals surface area contributed by atoms with Gasteiger partial charge in [-0.25, -0.2) is 9.97 Å². The molecule has 15 heavy (non-hydrogen) atoms. The molecule has 1 N–H and O–H groups in total. The van der Waals surface area contributed by atoms with Crippen LogP contribution >= 0.6 is 15.9 Å². The highest BCUT2D eigenvalue weighted by Gasteiger charge is 2.21. The van der Waals surface area contributed by atoms with E-state index < -0.39 is 0 Å². The van der Waals surface area contributed by atoms with Crippen LogP contribution < -0.4 is 5.32 Å². The van der Waals surface area contributed by atoms with Crippen molar-refractivity contribution in [1.82, 2.24) is 14.9 Å². The highest BCUT2D eigenvalue weighted by molar-refractivity contribution is 9.10. The number of aromatic nitrogens is 2. The molecule has 0 aromatic carbocycles. The summed E-state index contributed by atoms with van der Waals surface area (Å²) in [4.78, 5) is 10.8. The fourth-order valence-corrected chi connectivity index (χ4v) is 2.01. The van der Waals surface area contributed by atoms with Gasteiger partial charge >= 0.3 is 0 Å². The van der Waals surface area contributed by atoms with Gasteiger partial charge in [-0.15, -0.1) is 0 Å². The molecule has 1 aliphatic rings. The minimum Gasteiger partial charge on any atom is -0.350 e. The second-order valence-corrected chi connectivity index (χ2v) is 4.66. The lowest BCUT2D eigenvalue weighted by Crippen LogP contribution is -2.26. The topological polar surface area (TPSA) is 41.0 Å². The molecule has 5 heteroatoms. The average Bonchev–Trinajstić information content (AvgIpc) is 2.69. The molecule has 1 aromatic rings. The molecule has 1 unspecified atom stereocenters. The third-order valence-corrected chi connectivity index (χ3v) is 3.08. The summed E-state index contributed by atoms with van der Waals surface area (Å²) in [6.07, 6.45) is 4.71. The van der Waals surface area contributed by atoms with Crippen molar-refractivity contribution in [1.29, 1.82) is 0 Å². The molecule has 2 rings (SSSR count). The fourth-order valence-electron chi connectivity index (χ4n) is 1.81. The van der Waals surface area contributed by atoms with Gasteiger partial charge in [0.15, 0.2) is 0 Å². The van der Waals surface area contributed by atoms with Crippen LogP contribution in [0.15, 0.2) is 16.9 Å². The first-order valence-electron chi connectivity index (χ1n) is 5.24. The molecule has 1 aliphatic heterocycles. The van der Waals surface area contributed by atoms with Crippen molar-refractivity contribution >= 4 is 21.9 Å². The quantitative estimate of drug-likeness (QED) is 0.909. The van der Waals surface area contributed by atoms with Gasteiger partial charge < -0.3 is 10.2 Å². The molecule has 4 nitrogen and oxygen atoms in total. The lowest BCUT2D eigenvalue weighted by Gasteiger charge is -2.14. The van der Waals surface area contributed by atoms with Crippen molar-refractivity contribution in [3.05, 3.63) is 16.9 Å². The summed E-state index contributed by atoms with van der Waals surface area (Å²) >= 11 is 3.32. The van der Waals surface area contributed by atoms with Crippen molar-refractivity contribution in [2.24, 2.45) is 0 Å². The standard InChI is InChI=1S/C10H15BrN4/c1-2-15-4-3-9(7-15)14-10-12-5-8(11)6-13-10/h5-6,9H,2-4,7H2,1H3,(H,12,13,14). The van der Waals surface area contributed by atoms with E-state index in [-0.39, 0.29) is 0 Å². The maximum Gasteiger partial charge on any atom is 0.222 e. The highest BCUT2D eigenvalue weighted by atomic mass is 79.9. The Morgan fingerprint density at radius 1 is 1.53 bits per heavy atom. The molecule has 0 saturated carbocycles. The molecule has 1 fully saturated rings. The van der Waals surface area contributed by atoms with E-state index in [9.17, 15) is 0 Å². The van der Waals surface area contributed by atoms with Crippen LogP contribution in [0.1, 0.15) is 13.3 Å². The summed E-state index contributed by atoms with van der Waals surface area (Å²) in [5.41, 5.74) is 0. The average molecular weight is 271 g/mol. The number of nitrogens with one attached hydrogen (secondary N) is 1. The molecule has 0 spiro atoms. The van der Waals surface area contributed by atoms with Gasteiger partial charge in [0.25, 0.3) is 0 Å². The van der Waals surface area contributed by atoms with Gasteiger partial charge in [-0.1, -0.05) is 6.92 Å². The Balaban J connectivity index is 1.90. The summed E-state index contributed by atoms with van der Waals surface area (Å²) in [6.45, 7) is 5.58. The molecule has 82 valence electrons. The molecule has 0 aliphatic carbocycles. The van der Waals surface area contributed by atoms with Crippen molar-refractivity contribution in [3.63, 3.8) is 0 Å². The first kappa shape index (κ1) is 10.8. The molecule has 2 heterocycles. The molecular formula is C10H15BrN4. The Bertz CT molecular complexity index is 314. The van der Waals surface area contributed by atoms with Gasteiger partial charge in [-0.05, 0) is 28.9 Å². The van der Waals surface area contributed by atoms with Crippen LogP contribution in [0.2, 0.25) is 0 Å². The van der Waals surface area contributed by atoms with Crippen molar-refractivity contribution in [2.75, 3.05) is 25.0 Å². The largest absolute Gasteiger partial charge is 0.350 e. The smallest absolute Gasteiger partial charge is 0.222 e. The minimum atomic E-state index is 0.492. The summed E-state index contributed by atoms with van der Waals surface area (Å²) < 4.78 is 0.912. The van der Waals surface area contributed by atoms with E-state index >= 15 is 0 Å². The Labute approximate surface area is 98.2 Å². The minimum absolute atomic E-state index is 0.492. The van der Waals surface area contributed by atoms with Crippen molar-refractivity contribution in [2.45, 2.75) is 19.4 Å². The third-order valence-electron chi connectivity index (χ3n) is 2.67. The van der Waals surface area contributed by atoms with Gasteiger partial charge in [0.2, 0.25) is 5.95 Å². The van der Waals surface area contributed by atoms with E-state index in [0.717, 1.165) is 23.5 Å². The Hall–Kier alpha value is -0.680. The van der Waals surface area contributed by atoms with E-state index in [4.69, 9.17) is 0 Å². The second-order valence-electron chi connectivity index (χ2n) is 3.75. The third kappa shape index (κ3) is 2.89. The first-order chi connectivity index (χ1) is 7.28. The number of rotatable bonds is 3. The normalized spacial score (nSPS) is 21.9. The van der Waals surface area contributed by atoms with Crippen LogP contribution in [0.5, 0.6) is 0 Å². The summed E-state index contributed by atoms with van der Waals surface area (Å²) in [6, 6.07) is 0.492. The van der Waals surface area contributed by atoms with Crippen molar-refractivity contribution in [3.8, 4) is 0 Å². The molecule has 0 radical (unpaired) electrons. The van der Waals surface area contributed by atoms with Crippen LogP contribution in [0, 0.1) is 0 Å². The fraction of sp³-hybridized carbons (Fsp3) is 0.600. The SMILES string of the molecule is CCN1CCC(Nc2ncc(Br)cn2)C1. The van der Waals surface area contributed by atoms with Gasteiger partial charge in [0, 0.05) is 31.5 Å². The number of halogens is 1. The van der Waals surface area contributed by atoms with Gasteiger partial charge in [0.05, 0.1) is 4.47 Å². The lowest BCUT2D eigenvalue weighted by molar-refractivity contribution is 0.355. The Kier molecular flexibility index (Phi) is 3.53. The Morgan fingerprint density at radius 3 is 2.87 bits per heavy atom. The predicted octanol–water partition coefficient (Wildman–Crippen LogP) is 1.75. The second kappa shape index (κ2) is 4.90. The van der Waals surface area contributed by atoms with Crippen LogP contribution in [0.4, 0.5) is 5.95 Å². The molecular weight excluding hydrogens is 256 g/mol. The molecule has 1 aromatic heterocycles. The van der Waals surface area contributed by atoms with Crippen LogP contribution in [0.3, 0.4) is 0 Å². The zero-order valence-corrected chi connectivity index (χ0v) is 10.4. The van der Waals surface area contributed by atoms with Gasteiger partial charge in [-0.2, -0.15) is 0 Å². The van der Waals surface area contributed by atoms with E-state index in [2.05, 4.69) is 43.0 Å². The van der Waals surface area contributed by atoms with Crippen LogP contribution in [-0.2, 0) is 0 Å². The molecule has 0 bridgehead atoms. The van der Waals surface area contributed by atoms with Crippen LogP contribution in [-0.4, -0.2) is 40.5 Å². The lowest BCUT2D eigenvalue weighted by atomic mass is 10.3. The number of likely N-dealkylation sites (tertiary alicyclic amines) is 1. The number of hydrogen-bond donors (Lipinski definition) is 1. The maximum atomic E-state index is 4.21. The highest BCUT2D eigenvalue weighted by Crippen LogP contribution is 2.13. The number of anilines is 1. The summed E-state index contributed by atoms with van der Waals surface area (Å²) in [5.74, 6) is 0.723. The maximum absolute atomic E-state index is 4.21. The van der Waals surface area contributed by atoms with E-state index in [1.807, 2.05) is 0 Å². The molecule has 1 saturated heterocycles. The zero-order chi connectivity index (χ0) is 10.7. The van der Waals surface area contributed by atoms with E-state index in [1.54, 1.807) is 12.4 Å². The molecule has 1 atom stereocenters. The Morgan fingerprint density at radius 2 is 2.27 bits per heavy atom. The number of nitrogens with zero attached hydrogens (tertiary/aromatic N) is 3. The monoisotopic (exact) mass is 270 g/mol. The molecule has 0 amide bonds. The summed E-state index contributed by atoms with van der Waals surface area (Å²) in [7, 11) is 0. The van der Waals surface area contributed by atoms with Crippen molar-refractivity contribution < 1.29 is 0 Å². The van der Waals surface area contributed by atoms with E-state index in [1.165, 1.54) is 13.0 Å². The number of likely N-dealkylation sites (N-methyl/N-ethyl adjacent to an activating group) is 1. The predicted molar refractivity (Wildman–Crippen MR) is 63.9 cm³/mol. The first-order valence-corrected chi connectivity index (χ1v) is 6.03. The number of hydrogen-bond acceptors (Lipinski definition) is 4. The zero-order valence-electron chi connectivity index (χ0n) is 8.78. The van der Waals surface area contributed by atoms with E-state index in [0.29, 0.717) is 6.04 Å². The van der Waals surface area contributed by atoms with Gasteiger partial charge in [-0.3, -0.25) is 0 Å².